The van der Waals surface area contributed by atoms with Gasteiger partial charge in [-0.3, -0.25) is 9.59 Å². The Morgan fingerprint density at radius 3 is 2.47 bits per heavy atom. The molecule has 4 aromatic rings. The van der Waals surface area contributed by atoms with Crippen molar-refractivity contribution in [3.63, 3.8) is 0 Å². The number of nitrogens with one attached hydrogen (secondary N) is 1. The van der Waals surface area contributed by atoms with Crippen molar-refractivity contribution in [2.24, 2.45) is 0 Å². The molecule has 3 aromatic carbocycles. The van der Waals surface area contributed by atoms with Gasteiger partial charge < -0.3 is 19.5 Å². The van der Waals surface area contributed by atoms with E-state index in [2.05, 4.69) is 20.4 Å². The van der Waals surface area contributed by atoms with Crippen LogP contribution in [0.4, 0.5) is 15.8 Å². The van der Waals surface area contributed by atoms with E-state index in [1.807, 2.05) is 30.3 Å². The van der Waals surface area contributed by atoms with Gasteiger partial charge in [0.1, 0.15) is 5.82 Å². The minimum atomic E-state index is -0.504. The number of nitrogens with zero attached hydrogens (tertiary/aromatic N) is 4. The van der Waals surface area contributed by atoms with Crippen molar-refractivity contribution in [3.05, 3.63) is 89.2 Å². The third kappa shape index (κ3) is 6.15. The van der Waals surface area contributed by atoms with Gasteiger partial charge in [-0.05, 0) is 54.6 Å². The van der Waals surface area contributed by atoms with Crippen molar-refractivity contribution in [2.75, 3.05) is 42.1 Å². The van der Waals surface area contributed by atoms with Gasteiger partial charge in [0, 0.05) is 48.1 Å². The van der Waals surface area contributed by atoms with Crippen molar-refractivity contribution in [2.45, 2.75) is 5.22 Å². The number of aromatic nitrogens is 2. The average Bonchev–Trinajstić information content (AvgIpc) is 3.42. The summed E-state index contributed by atoms with van der Waals surface area (Å²) < 4.78 is 19.6. The molecule has 0 radical (unpaired) electrons. The van der Waals surface area contributed by atoms with Gasteiger partial charge in [0.05, 0.1) is 11.3 Å². The summed E-state index contributed by atoms with van der Waals surface area (Å²) in [7, 11) is 0. The highest BCUT2D eigenvalue weighted by Gasteiger charge is 2.24. The van der Waals surface area contributed by atoms with E-state index in [1.54, 1.807) is 35.2 Å². The summed E-state index contributed by atoms with van der Waals surface area (Å²) in [6, 6.07) is 20.6. The molecule has 0 atom stereocenters. The topological polar surface area (TPSA) is 91.6 Å². The number of halogens is 2. The Bertz CT molecular complexity index is 1440. The van der Waals surface area contributed by atoms with Gasteiger partial charge in [0.25, 0.3) is 11.1 Å². The molecule has 0 spiro atoms. The number of carbonyl (C=O) groups excluding carboxylic acids is 2. The third-order valence-corrected chi connectivity index (χ3v) is 7.05. The molecular weight excluding hydrogens is 529 g/mol. The van der Waals surface area contributed by atoms with E-state index < -0.39 is 5.82 Å². The first kappa shape index (κ1) is 25.7. The number of amides is 2. The number of anilines is 2. The first-order chi connectivity index (χ1) is 18.5. The molecule has 194 valence electrons. The maximum Gasteiger partial charge on any atom is 0.277 e. The van der Waals surface area contributed by atoms with Crippen LogP contribution in [0.25, 0.3) is 11.5 Å². The van der Waals surface area contributed by atoms with Crippen LogP contribution in [0.1, 0.15) is 10.4 Å². The first-order valence-corrected chi connectivity index (χ1v) is 13.2. The van der Waals surface area contributed by atoms with Crippen molar-refractivity contribution >= 4 is 46.6 Å². The fourth-order valence-corrected chi connectivity index (χ4v) is 4.81. The van der Waals surface area contributed by atoms with E-state index in [9.17, 15) is 14.0 Å². The van der Waals surface area contributed by atoms with E-state index in [0.717, 1.165) is 17.4 Å². The number of hydrogen-bond acceptors (Lipinski definition) is 7. The summed E-state index contributed by atoms with van der Waals surface area (Å²) in [5, 5.41) is 11.7. The minimum Gasteiger partial charge on any atom is -0.411 e. The lowest BCUT2D eigenvalue weighted by Crippen LogP contribution is -2.49. The number of piperazine rings is 1. The van der Waals surface area contributed by atoms with Gasteiger partial charge in [-0.15, -0.1) is 10.2 Å². The highest BCUT2D eigenvalue weighted by Crippen LogP contribution is 2.26. The summed E-state index contributed by atoms with van der Waals surface area (Å²) in [5.74, 6) is -0.555. The molecule has 1 aromatic heterocycles. The summed E-state index contributed by atoms with van der Waals surface area (Å²) >= 11 is 7.15. The zero-order valence-electron chi connectivity index (χ0n) is 20.1. The van der Waals surface area contributed by atoms with Crippen LogP contribution in [-0.4, -0.2) is 58.8 Å². The van der Waals surface area contributed by atoms with Crippen molar-refractivity contribution in [1.29, 1.82) is 0 Å². The van der Waals surface area contributed by atoms with Crippen molar-refractivity contribution < 1.29 is 18.4 Å². The average molecular weight is 552 g/mol. The SMILES string of the molecule is O=C(CSc1nnc(-c2cccc(Cl)c2)o1)Nc1ccc(N2CCN(C(=O)c3ccccc3F)CC2)cc1. The fraction of sp³-hybridized carbons (Fsp3) is 0.185. The molecule has 1 saturated heterocycles. The Hall–Kier alpha value is -3.89. The van der Waals surface area contributed by atoms with Crippen LogP contribution in [-0.2, 0) is 4.79 Å². The number of benzene rings is 3. The lowest BCUT2D eigenvalue weighted by atomic mass is 10.1. The molecule has 38 heavy (non-hydrogen) atoms. The van der Waals surface area contributed by atoms with E-state index in [0.29, 0.717) is 48.3 Å². The smallest absolute Gasteiger partial charge is 0.277 e. The number of thioether (sulfide) groups is 1. The van der Waals surface area contributed by atoms with Crippen LogP contribution in [0.5, 0.6) is 0 Å². The Morgan fingerprint density at radius 1 is 0.974 bits per heavy atom. The van der Waals surface area contributed by atoms with Gasteiger partial charge in [-0.2, -0.15) is 0 Å². The van der Waals surface area contributed by atoms with E-state index in [-0.39, 0.29) is 28.4 Å². The van der Waals surface area contributed by atoms with Crippen molar-refractivity contribution in [1.82, 2.24) is 15.1 Å². The number of carbonyl (C=O) groups is 2. The molecule has 8 nitrogen and oxygen atoms in total. The second-order valence-corrected chi connectivity index (χ2v) is 9.89. The van der Waals surface area contributed by atoms with E-state index in [1.165, 1.54) is 12.1 Å². The largest absolute Gasteiger partial charge is 0.411 e. The van der Waals surface area contributed by atoms with Crippen LogP contribution in [0.3, 0.4) is 0 Å². The minimum absolute atomic E-state index is 0.0971. The Balaban J connectivity index is 1.09. The lowest BCUT2D eigenvalue weighted by Gasteiger charge is -2.36. The summed E-state index contributed by atoms with van der Waals surface area (Å²) in [6.45, 7) is 2.25. The molecule has 0 saturated carbocycles. The van der Waals surface area contributed by atoms with Crippen LogP contribution in [0, 0.1) is 5.82 Å². The van der Waals surface area contributed by atoms with Gasteiger partial charge in [0.2, 0.25) is 11.8 Å². The zero-order chi connectivity index (χ0) is 26.5. The van der Waals surface area contributed by atoms with Gasteiger partial charge in [-0.1, -0.05) is 41.6 Å². The summed E-state index contributed by atoms with van der Waals surface area (Å²) in [6.07, 6.45) is 0. The molecule has 0 bridgehead atoms. The molecule has 1 aliphatic rings. The van der Waals surface area contributed by atoms with Crippen LogP contribution in [0.2, 0.25) is 5.02 Å². The fourth-order valence-electron chi connectivity index (χ4n) is 4.06. The third-order valence-electron chi connectivity index (χ3n) is 5.99. The maximum atomic E-state index is 14.0. The van der Waals surface area contributed by atoms with E-state index >= 15 is 0 Å². The lowest BCUT2D eigenvalue weighted by molar-refractivity contribution is -0.113. The Labute approximate surface area is 227 Å². The normalized spacial score (nSPS) is 13.4. The highest BCUT2D eigenvalue weighted by atomic mass is 35.5. The molecule has 5 rings (SSSR count). The second-order valence-electron chi connectivity index (χ2n) is 8.53. The Kier molecular flexibility index (Phi) is 7.90. The predicted octanol–water partition coefficient (Wildman–Crippen LogP) is 5.22. The first-order valence-electron chi connectivity index (χ1n) is 11.9. The molecule has 0 aliphatic carbocycles. The van der Waals surface area contributed by atoms with Crippen LogP contribution < -0.4 is 10.2 Å². The summed E-state index contributed by atoms with van der Waals surface area (Å²) in [4.78, 5) is 28.9. The molecule has 11 heteroatoms. The molecule has 2 heterocycles. The molecule has 2 amide bonds. The summed E-state index contributed by atoms with van der Waals surface area (Å²) in [5.41, 5.74) is 2.45. The van der Waals surface area contributed by atoms with Gasteiger partial charge in [0.15, 0.2) is 0 Å². The van der Waals surface area contributed by atoms with Crippen molar-refractivity contribution in [3.8, 4) is 11.5 Å². The molecule has 1 N–H and O–H groups in total. The highest BCUT2D eigenvalue weighted by molar-refractivity contribution is 7.99. The van der Waals surface area contributed by atoms with Crippen LogP contribution >= 0.6 is 23.4 Å². The molecular formula is C27H23ClFN5O3S. The molecule has 1 fully saturated rings. The van der Waals surface area contributed by atoms with E-state index in [4.69, 9.17) is 16.0 Å². The van der Waals surface area contributed by atoms with Gasteiger partial charge in [-0.25, -0.2) is 4.39 Å². The predicted molar refractivity (Wildman–Crippen MR) is 145 cm³/mol. The quantitative estimate of drug-likeness (QED) is 0.315. The second kappa shape index (κ2) is 11.7. The molecule has 0 unspecified atom stereocenters. The standard InChI is InChI=1S/C27H23ClFN5O3S/c28-19-5-3-4-18(16-19)25-31-32-27(37-25)38-17-24(35)30-20-8-10-21(11-9-20)33-12-14-34(15-13-33)26(36)22-6-1-2-7-23(22)29/h1-11,16H,12-15,17H2,(H,30,35). The van der Waals surface area contributed by atoms with Crippen LogP contribution in [0.15, 0.2) is 82.4 Å². The maximum absolute atomic E-state index is 14.0. The monoisotopic (exact) mass is 551 g/mol. The van der Waals surface area contributed by atoms with Gasteiger partial charge >= 0.3 is 0 Å². The zero-order valence-corrected chi connectivity index (χ0v) is 21.7. The number of hydrogen-bond donors (Lipinski definition) is 1. The Morgan fingerprint density at radius 2 is 1.74 bits per heavy atom. The molecule has 1 aliphatic heterocycles. The number of rotatable bonds is 7.